The zero-order chi connectivity index (χ0) is 18.5. The Bertz CT molecular complexity index is 799. The molecule has 0 bridgehead atoms. The van der Waals surface area contributed by atoms with Gasteiger partial charge in [0.1, 0.15) is 0 Å². The van der Waals surface area contributed by atoms with E-state index in [0.717, 1.165) is 19.6 Å². The first-order valence-electron chi connectivity index (χ1n) is 8.71. The number of anilines is 1. The van der Waals surface area contributed by atoms with Crippen molar-refractivity contribution in [1.29, 1.82) is 0 Å². The van der Waals surface area contributed by atoms with Crippen LogP contribution >= 0.6 is 11.6 Å². The molecule has 1 saturated heterocycles. The van der Waals surface area contributed by atoms with Crippen molar-refractivity contribution < 1.29 is 9.59 Å². The second kappa shape index (κ2) is 8.34. The van der Waals surface area contributed by atoms with Crippen LogP contribution in [0, 0.1) is 0 Å². The molecule has 5 nitrogen and oxygen atoms in total. The molecule has 1 heterocycles. The third-order valence-corrected chi connectivity index (χ3v) is 4.85. The lowest BCUT2D eigenvalue weighted by molar-refractivity contribution is 0.0961. The minimum Gasteiger partial charge on any atom is -0.355 e. The van der Waals surface area contributed by atoms with Crippen LogP contribution in [0.25, 0.3) is 0 Å². The Kier molecular flexibility index (Phi) is 5.91. The molecule has 2 amide bonds. The van der Waals surface area contributed by atoms with Crippen LogP contribution in [0.15, 0.2) is 42.5 Å². The minimum absolute atomic E-state index is 0.220. The summed E-state index contributed by atoms with van der Waals surface area (Å²) in [6.45, 7) is 3.22. The Morgan fingerprint density at radius 2 is 1.73 bits per heavy atom. The van der Waals surface area contributed by atoms with Gasteiger partial charge in [0.15, 0.2) is 0 Å². The van der Waals surface area contributed by atoms with Gasteiger partial charge in [-0.3, -0.25) is 14.5 Å². The molecule has 1 aliphatic heterocycles. The molecule has 136 valence electrons. The highest BCUT2D eigenvalue weighted by Gasteiger charge is 2.14. The highest BCUT2D eigenvalue weighted by molar-refractivity contribution is 6.34. The van der Waals surface area contributed by atoms with Gasteiger partial charge in [-0.2, -0.15) is 0 Å². The number of hydrogen-bond acceptors (Lipinski definition) is 3. The molecule has 3 rings (SSSR count). The molecule has 0 unspecified atom stereocenters. The largest absolute Gasteiger partial charge is 0.355 e. The van der Waals surface area contributed by atoms with Gasteiger partial charge in [-0.1, -0.05) is 23.7 Å². The van der Waals surface area contributed by atoms with E-state index in [9.17, 15) is 9.59 Å². The quantitative estimate of drug-likeness (QED) is 0.845. The fourth-order valence-electron chi connectivity index (χ4n) is 3.08. The van der Waals surface area contributed by atoms with Gasteiger partial charge in [0.05, 0.1) is 10.6 Å². The summed E-state index contributed by atoms with van der Waals surface area (Å²) in [5, 5.41) is 5.68. The molecule has 0 aromatic heterocycles. The standard InChI is InChI=1S/C20H22ClN3O2/c1-22-20(26)17-12-16(8-9-18(17)21)23-19(25)15-6-4-14(5-7-15)13-24-10-2-3-11-24/h4-9,12H,2-3,10-11,13H2,1H3,(H,22,26)(H,23,25). The van der Waals surface area contributed by atoms with Crippen molar-refractivity contribution in [3.8, 4) is 0 Å². The second-order valence-electron chi connectivity index (χ2n) is 6.41. The molecule has 0 atom stereocenters. The molecule has 26 heavy (non-hydrogen) atoms. The second-order valence-corrected chi connectivity index (χ2v) is 6.82. The zero-order valence-corrected chi connectivity index (χ0v) is 15.5. The molecule has 0 spiro atoms. The number of nitrogens with zero attached hydrogens (tertiary/aromatic N) is 1. The van der Waals surface area contributed by atoms with Crippen molar-refractivity contribution in [2.75, 3.05) is 25.5 Å². The monoisotopic (exact) mass is 371 g/mol. The third kappa shape index (κ3) is 4.42. The molecule has 0 radical (unpaired) electrons. The lowest BCUT2D eigenvalue weighted by Crippen LogP contribution is -2.19. The lowest BCUT2D eigenvalue weighted by atomic mass is 10.1. The molecule has 1 aliphatic rings. The van der Waals surface area contributed by atoms with Gasteiger partial charge in [-0.15, -0.1) is 0 Å². The van der Waals surface area contributed by atoms with Gasteiger partial charge in [0, 0.05) is 24.8 Å². The Morgan fingerprint density at radius 1 is 1.04 bits per heavy atom. The first-order valence-corrected chi connectivity index (χ1v) is 9.09. The fraction of sp³-hybridized carbons (Fsp3) is 0.300. The van der Waals surface area contributed by atoms with E-state index in [4.69, 9.17) is 11.6 Å². The minimum atomic E-state index is -0.294. The summed E-state index contributed by atoms with van der Waals surface area (Å²) in [7, 11) is 1.54. The maximum Gasteiger partial charge on any atom is 0.255 e. The van der Waals surface area contributed by atoms with E-state index >= 15 is 0 Å². The SMILES string of the molecule is CNC(=O)c1cc(NC(=O)c2ccc(CN3CCCC3)cc2)ccc1Cl. The first-order chi connectivity index (χ1) is 12.6. The number of rotatable bonds is 5. The van der Waals surface area contributed by atoms with Crippen LogP contribution in [0.2, 0.25) is 5.02 Å². The molecular weight excluding hydrogens is 350 g/mol. The number of nitrogens with one attached hydrogen (secondary N) is 2. The maximum absolute atomic E-state index is 12.5. The maximum atomic E-state index is 12.5. The summed E-state index contributed by atoms with van der Waals surface area (Å²) in [5.41, 5.74) is 2.63. The highest BCUT2D eigenvalue weighted by atomic mass is 35.5. The highest BCUT2D eigenvalue weighted by Crippen LogP contribution is 2.21. The predicted molar refractivity (Wildman–Crippen MR) is 104 cm³/mol. The van der Waals surface area contributed by atoms with E-state index < -0.39 is 0 Å². The Morgan fingerprint density at radius 3 is 2.38 bits per heavy atom. The van der Waals surface area contributed by atoms with Crippen molar-refractivity contribution >= 4 is 29.1 Å². The van der Waals surface area contributed by atoms with Gasteiger partial charge in [-0.05, 0) is 61.8 Å². The van der Waals surface area contributed by atoms with Crippen LogP contribution in [-0.4, -0.2) is 36.9 Å². The number of amides is 2. The number of likely N-dealkylation sites (tertiary alicyclic amines) is 1. The Balaban J connectivity index is 1.67. The molecule has 6 heteroatoms. The van der Waals surface area contributed by atoms with Crippen LogP contribution in [0.3, 0.4) is 0 Å². The van der Waals surface area contributed by atoms with E-state index in [-0.39, 0.29) is 11.8 Å². The smallest absolute Gasteiger partial charge is 0.255 e. The molecule has 2 aromatic rings. The van der Waals surface area contributed by atoms with E-state index in [1.165, 1.54) is 25.5 Å². The van der Waals surface area contributed by atoms with Gasteiger partial charge in [0.2, 0.25) is 0 Å². The van der Waals surface area contributed by atoms with Gasteiger partial charge >= 0.3 is 0 Å². The third-order valence-electron chi connectivity index (χ3n) is 4.52. The van der Waals surface area contributed by atoms with Gasteiger partial charge in [0.25, 0.3) is 11.8 Å². The number of hydrogen-bond donors (Lipinski definition) is 2. The summed E-state index contributed by atoms with van der Waals surface area (Å²) >= 11 is 6.03. The normalized spacial score (nSPS) is 14.2. The number of carbonyl (C=O) groups excluding carboxylic acids is 2. The molecule has 1 fully saturated rings. The number of benzene rings is 2. The van der Waals surface area contributed by atoms with Gasteiger partial charge in [-0.25, -0.2) is 0 Å². The molecular formula is C20H22ClN3O2. The Labute approximate surface area is 158 Å². The molecule has 2 N–H and O–H groups in total. The van der Waals surface area contributed by atoms with E-state index in [2.05, 4.69) is 15.5 Å². The molecule has 0 saturated carbocycles. The summed E-state index contributed by atoms with van der Waals surface area (Å²) in [6, 6.07) is 12.5. The zero-order valence-electron chi connectivity index (χ0n) is 14.7. The average molecular weight is 372 g/mol. The average Bonchev–Trinajstić information content (AvgIpc) is 3.16. The van der Waals surface area contributed by atoms with Crippen LogP contribution in [0.4, 0.5) is 5.69 Å². The van der Waals surface area contributed by atoms with Crippen LogP contribution in [0.5, 0.6) is 0 Å². The molecule has 0 aliphatic carbocycles. The van der Waals surface area contributed by atoms with Crippen molar-refractivity contribution in [3.05, 3.63) is 64.2 Å². The summed E-state index contributed by atoms with van der Waals surface area (Å²) in [6.07, 6.45) is 2.53. The van der Waals surface area contributed by atoms with Gasteiger partial charge < -0.3 is 10.6 Å². The van der Waals surface area contributed by atoms with Crippen molar-refractivity contribution in [2.24, 2.45) is 0 Å². The van der Waals surface area contributed by atoms with E-state index in [1.807, 2.05) is 24.3 Å². The van der Waals surface area contributed by atoms with Crippen LogP contribution < -0.4 is 10.6 Å². The molecule has 2 aromatic carbocycles. The van der Waals surface area contributed by atoms with Crippen molar-refractivity contribution in [3.63, 3.8) is 0 Å². The van der Waals surface area contributed by atoms with Crippen molar-refractivity contribution in [2.45, 2.75) is 19.4 Å². The predicted octanol–water partition coefficient (Wildman–Crippen LogP) is 3.55. The lowest BCUT2D eigenvalue weighted by Gasteiger charge is -2.14. The summed E-state index contributed by atoms with van der Waals surface area (Å²) < 4.78 is 0. The topological polar surface area (TPSA) is 61.4 Å². The van der Waals surface area contributed by atoms with Crippen LogP contribution in [0.1, 0.15) is 39.1 Å². The Hall–Kier alpha value is -2.37. The summed E-state index contributed by atoms with van der Waals surface area (Å²) in [5.74, 6) is -0.514. The number of carbonyl (C=O) groups is 2. The fourth-order valence-corrected chi connectivity index (χ4v) is 3.28. The van der Waals surface area contributed by atoms with E-state index in [0.29, 0.717) is 21.8 Å². The van der Waals surface area contributed by atoms with Crippen LogP contribution in [-0.2, 0) is 6.54 Å². The summed E-state index contributed by atoms with van der Waals surface area (Å²) in [4.78, 5) is 26.7. The van der Waals surface area contributed by atoms with E-state index in [1.54, 1.807) is 18.2 Å². The first kappa shape index (κ1) is 18.4. The number of halogens is 1. The van der Waals surface area contributed by atoms with Crippen molar-refractivity contribution in [1.82, 2.24) is 10.2 Å².